The Labute approximate surface area is 234 Å². The lowest BCUT2D eigenvalue weighted by Gasteiger charge is -2.33. The van der Waals surface area contributed by atoms with Gasteiger partial charge in [-0.15, -0.1) is 0 Å². The van der Waals surface area contributed by atoms with Gasteiger partial charge in [-0.05, 0) is 80.1 Å². The van der Waals surface area contributed by atoms with Crippen LogP contribution in [0.15, 0.2) is 54.7 Å². The van der Waals surface area contributed by atoms with E-state index < -0.39 is 12.2 Å². The highest BCUT2D eigenvalue weighted by Crippen LogP contribution is 2.36. The van der Waals surface area contributed by atoms with Crippen molar-refractivity contribution in [1.29, 1.82) is 0 Å². The Kier molecular flexibility index (Phi) is 6.58. The summed E-state index contributed by atoms with van der Waals surface area (Å²) in [6, 6.07) is 17.1. The zero-order valence-electron chi connectivity index (χ0n) is 23.6. The lowest BCUT2D eigenvalue weighted by molar-refractivity contribution is -0.740. The largest absolute Gasteiger partial charge is 0.488 e. The maximum atomic E-state index is 11.7. The Hall–Kier alpha value is -4.17. The van der Waals surface area contributed by atoms with Gasteiger partial charge in [0, 0.05) is 32.1 Å². The normalized spacial score (nSPS) is 16.2. The molecule has 0 saturated heterocycles. The van der Waals surface area contributed by atoms with Crippen LogP contribution < -0.4 is 14.0 Å². The molecule has 0 aliphatic carbocycles. The van der Waals surface area contributed by atoms with Crippen LogP contribution in [0.25, 0.3) is 17.1 Å². The van der Waals surface area contributed by atoms with Crippen molar-refractivity contribution >= 4 is 5.97 Å². The summed E-state index contributed by atoms with van der Waals surface area (Å²) in [5.41, 5.74) is 8.32. The molecule has 4 aromatic rings. The summed E-state index contributed by atoms with van der Waals surface area (Å²) in [6.45, 7) is 13.3. The third kappa shape index (κ3) is 4.32. The van der Waals surface area contributed by atoms with Gasteiger partial charge in [-0.2, -0.15) is 4.57 Å². The van der Waals surface area contributed by atoms with E-state index in [2.05, 4.69) is 62.0 Å². The quantitative estimate of drug-likeness (QED) is 0.331. The number of ether oxygens (including phenoxy) is 2. The fourth-order valence-corrected chi connectivity index (χ4v) is 5.96. The molecule has 0 radical (unpaired) electrons. The van der Waals surface area contributed by atoms with E-state index in [1.165, 1.54) is 28.5 Å². The van der Waals surface area contributed by atoms with Crippen LogP contribution in [0.1, 0.15) is 65.2 Å². The van der Waals surface area contributed by atoms with Crippen LogP contribution in [0.2, 0.25) is 0 Å². The highest BCUT2D eigenvalue weighted by atomic mass is 16.5. The number of fused-ring (bicyclic) bond motifs is 4. The second-order valence-corrected chi connectivity index (χ2v) is 11.0. The van der Waals surface area contributed by atoms with Crippen molar-refractivity contribution in [3.8, 4) is 28.7 Å². The molecule has 0 bridgehead atoms. The van der Waals surface area contributed by atoms with E-state index in [-0.39, 0.29) is 11.4 Å². The van der Waals surface area contributed by atoms with Crippen molar-refractivity contribution in [2.45, 2.75) is 66.5 Å². The van der Waals surface area contributed by atoms with Crippen LogP contribution in [-0.4, -0.2) is 38.3 Å². The average molecular weight is 540 g/mol. The lowest BCUT2D eigenvalue weighted by Crippen LogP contribution is -2.50. The van der Waals surface area contributed by atoms with E-state index in [1.807, 2.05) is 35.8 Å². The number of para-hydroxylation sites is 1. The predicted octanol–water partition coefficient (Wildman–Crippen LogP) is 5.40. The molecule has 206 valence electrons. The van der Waals surface area contributed by atoms with Crippen molar-refractivity contribution in [2.24, 2.45) is 0 Å². The van der Waals surface area contributed by atoms with Gasteiger partial charge >= 0.3 is 17.7 Å². The van der Waals surface area contributed by atoms with E-state index in [0.717, 1.165) is 47.9 Å². The minimum Gasteiger partial charge on any atom is -0.488 e. The second kappa shape index (κ2) is 10.1. The summed E-state index contributed by atoms with van der Waals surface area (Å²) in [6.07, 6.45) is 1.94. The molecule has 1 atom stereocenters. The molecule has 8 heteroatoms. The molecular formula is C32H35N4O4+. The van der Waals surface area contributed by atoms with Gasteiger partial charge in [0.2, 0.25) is 6.23 Å². The van der Waals surface area contributed by atoms with Gasteiger partial charge in [-0.1, -0.05) is 34.0 Å². The molecule has 4 heterocycles. The van der Waals surface area contributed by atoms with E-state index in [9.17, 15) is 9.90 Å². The lowest BCUT2D eigenvalue weighted by atomic mass is 9.91. The molecule has 0 amide bonds. The molecule has 0 spiro atoms. The molecule has 0 saturated carbocycles. The molecule has 2 aromatic heterocycles. The maximum absolute atomic E-state index is 11.7. The number of hydrogen-bond acceptors (Lipinski definition) is 5. The molecule has 8 nitrogen and oxygen atoms in total. The molecule has 1 unspecified atom stereocenters. The minimum absolute atomic E-state index is 0.0421. The van der Waals surface area contributed by atoms with Crippen LogP contribution in [0.4, 0.5) is 0 Å². The summed E-state index contributed by atoms with van der Waals surface area (Å²) >= 11 is 0. The molecule has 2 aliphatic heterocycles. The van der Waals surface area contributed by atoms with Gasteiger partial charge in [0.1, 0.15) is 18.1 Å². The minimum atomic E-state index is -1.07. The van der Waals surface area contributed by atoms with Gasteiger partial charge < -0.3 is 14.6 Å². The molecule has 6 rings (SSSR count). The average Bonchev–Trinajstić information content (AvgIpc) is 3.37. The fraction of sp³-hybridized carbons (Fsp3) is 0.344. The number of aromatic carboxylic acids is 1. The van der Waals surface area contributed by atoms with Gasteiger partial charge in [-0.3, -0.25) is 4.90 Å². The Bertz CT molecular complexity index is 1620. The first-order valence-corrected chi connectivity index (χ1v) is 13.8. The van der Waals surface area contributed by atoms with Crippen molar-refractivity contribution in [2.75, 3.05) is 6.54 Å². The first kappa shape index (κ1) is 26.1. The summed E-state index contributed by atoms with van der Waals surface area (Å²) in [5, 5.41) is 13.9. The highest BCUT2D eigenvalue weighted by Gasteiger charge is 2.38. The van der Waals surface area contributed by atoms with E-state index >= 15 is 0 Å². The second-order valence-electron chi connectivity index (χ2n) is 11.0. The van der Waals surface area contributed by atoms with Crippen molar-refractivity contribution in [1.82, 2.24) is 14.7 Å². The van der Waals surface area contributed by atoms with Crippen molar-refractivity contribution < 1.29 is 23.9 Å². The van der Waals surface area contributed by atoms with Crippen LogP contribution in [0.5, 0.6) is 11.6 Å². The Morgan fingerprint density at radius 3 is 2.75 bits per heavy atom. The third-order valence-electron chi connectivity index (χ3n) is 8.24. The summed E-state index contributed by atoms with van der Waals surface area (Å²) in [4.78, 5) is 14.2. The number of aromatic nitrogens is 3. The van der Waals surface area contributed by atoms with Gasteiger partial charge in [0.15, 0.2) is 5.56 Å². The molecule has 2 aliphatic rings. The molecule has 1 N–H and O–H groups in total. The topological polar surface area (TPSA) is 80.7 Å². The Balaban J connectivity index is 1.35. The molecule has 40 heavy (non-hydrogen) atoms. The molecule has 2 aromatic carbocycles. The highest BCUT2D eigenvalue weighted by molar-refractivity contribution is 5.90. The number of aryl methyl sites for hydroxylation is 1. The number of carboxylic acids is 1. The van der Waals surface area contributed by atoms with Crippen LogP contribution >= 0.6 is 0 Å². The summed E-state index contributed by atoms with van der Waals surface area (Å²) in [5.74, 6) is 0.711. The van der Waals surface area contributed by atoms with E-state index in [0.29, 0.717) is 12.6 Å². The number of benzene rings is 2. The molecule has 0 fully saturated rings. The standard InChI is InChI=1S/C32H34N4O4/c1-19(2)34-15-14-25-21(4)24(13-12-23(25)17-34)18-39-30-20(3)8-6-9-26(30)28-10-7-11-29-35(28)22(5)40-31-27(32(37)38)16-33-36(29)31/h6-13,16,19,22H,14-15,17-18H2,1-5H3/p+1. The summed E-state index contributed by atoms with van der Waals surface area (Å²) < 4.78 is 16.3. The first-order valence-electron chi connectivity index (χ1n) is 13.8. The SMILES string of the molecule is Cc1cccc(-c2cccc3[n+]2C(C)Oc2c(C(=O)O)cnn2-3)c1OCc1ccc2c(c1C)CCN(C(C)C)C2. The number of carboxylic acid groups (broad SMARTS) is 1. The monoisotopic (exact) mass is 539 g/mol. The Morgan fingerprint density at radius 2 is 1.98 bits per heavy atom. The zero-order chi connectivity index (χ0) is 28.1. The van der Waals surface area contributed by atoms with E-state index in [4.69, 9.17) is 9.47 Å². The zero-order valence-corrected chi connectivity index (χ0v) is 23.6. The maximum Gasteiger partial charge on any atom is 0.345 e. The van der Waals surface area contributed by atoms with Crippen molar-refractivity contribution in [3.05, 3.63) is 88.1 Å². The van der Waals surface area contributed by atoms with Gasteiger partial charge in [-0.25, -0.2) is 4.79 Å². The first-order chi connectivity index (χ1) is 19.2. The Morgan fingerprint density at radius 1 is 1.18 bits per heavy atom. The van der Waals surface area contributed by atoms with Gasteiger partial charge in [0.05, 0.1) is 11.8 Å². The van der Waals surface area contributed by atoms with Crippen LogP contribution in [0.3, 0.4) is 0 Å². The third-order valence-corrected chi connectivity index (χ3v) is 8.24. The predicted molar refractivity (Wildman–Crippen MR) is 151 cm³/mol. The number of pyridine rings is 1. The number of rotatable bonds is 6. The number of hydrogen-bond donors (Lipinski definition) is 1. The van der Waals surface area contributed by atoms with Gasteiger partial charge in [0.25, 0.3) is 0 Å². The molecular weight excluding hydrogens is 504 g/mol. The number of nitrogens with zero attached hydrogens (tertiary/aromatic N) is 4. The number of carbonyl (C=O) groups is 1. The van der Waals surface area contributed by atoms with E-state index in [1.54, 1.807) is 4.68 Å². The summed E-state index contributed by atoms with van der Waals surface area (Å²) in [7, 11) is 0. The van der Waals surface area contributed by atoms with Crippen LogP contribution in [-0.2, 0) is 19.6 Å². The smallest absolute Gasteiger partial charge is 0.345 e. The fourth-order valence-electron chi connectivity index (χ4n) is 5.96. The van der Waals surface area contributed by atoms with Crippen molar-refractivity contribution in [3.63, 3.8) is 0 Å². The van der Waals surface area contributed by atoms with Crippen LogP contribution in [0, 0.1) is 13.8 Å².